The first-order chi connectivity index (χ1) is 5.62. The lowest BCUT2D eigenvalue weighted by Gasteiger charge is -2.33. The molecule has 12 heavy (non-hydrogen) atoms. The Labute approximate surface area is 79.2 Å². The largest absolute Gasteiger partial charge is 0.323 e. The number of thioether (sulfide) groups is 2. The fourth-order valence-electron chi connectivity index (χ4n) is 0.960. The number of rotatable bonds is 2. The van der Waals surface area contributed by atoms with Crippen molar-refractivity contribution in [3.05, 3.63) is 0 Å². The Kier molecular flexibility index (Phi) is 2.89. The number of nitrogens with one attached hydrogen (secondary N) is 2. The van der Waals surface area contributed by atoms with Crippen LogP contribution in [0, 0.1) is 0 Å². The van der Waals surface area contributed by atoms with E-state index in [1.807, 2.05) is 12.5 Å². The lowest BCUT2D eigenvalue weighted by molar-refractivity contribution is -0.120. The molecule has 1 aliphatic heterocycles. The molecule has 1 saturated heterocycles. The summed E-state index contributed by atoms with van der Waals surface area (Å²) in [5.74, 6) is -0.220. The van der Waals surface area contributed by atoms with Crippen LogP contribution in [0.15, 0.2) is 0 Å². The van der Waals surface area contributed by atoms with Gasteiger partial charge >= 0.3 is 6.03 Å². The number of hydrogen-bond donors (Lipinski definition) is 2. The molecule has 0 saturated carbocycles. The smallest absolute Gasteiger partial charge is 0.314 e. The van der Waals surface area contributed by atoms with Gasteiger partial charge in [-0.05, 0) is 12.5 Å². The van der Waals surface area contributed by atoms with Gasteiger partial charge in [0.2, 0.25) is 5.91 Å². The minimum absolute atomic E-state index is 0.220. The molecule has 0 bridgehead atoms. The fourth-order valence-corrected chi connectivity index (χ4v) is 2.57. The van der Waals surface area contributed by atoms with Gasteiger partial charge in [-0.25, -0.2) is 4.79 Å². The van der Waals surface area contributed by atoms with Crippen LogP contribution in [0.4, 0.5) is 4.79 Å². The molecule has 0 unspecified atom stereocenters. The molecule has 0 atom stereocenters. The van der Waals surface area contributed by atoms with Crippen LogP contribution in [0.2, 0.25) is 0 Å². The van der Waals surface area contributed by atoms with Gasteiger partial charge in [0.25, 0.3) is 0 Å². The van der Waals surface area contributed by atoms with Crippen LogP contribution in [-0.2, 0) is 4.79 Å². The van der Waals surface area contributed by atoms with Crippen molar-refractivity contribution >= 4 is 35.5 Å². The predicted octanol–water partition coefficient (Wildman–Crippen LogP) is 0.596. The molecule has 2 N–H and O–H groups in total. The van der Waals surface area contributed by atoms with Crippen LogP contribution < -0.4 is 10.6 Å². The summed E-state index contributed by atoms with van der Waals surface area (Å²) < 4.78 is -0.473. The molecule has 3 amide bonds. The number of imide groups is 1. The zero-order chi connectivity index (χ0) is 9.19. The maximum absolute atomic E-state index is 11.0. The minimum atomic E-state index is -0.473. The van der Waals surface area contributed by atoms with Gasteiger partial charge < -0.3 is 5.32 Å². The minimum Gasteiger partial charge on any atom is -0.314 e. The normalized spacial score (nSPS) is 21.5. The number of amides is 3. The van der Waals surface area contributed by atoms with E-state index in [2.05, 4.69) is 10.6 Å². The molecule has 1 rings (SSSR count). The third-order valence-electron chi connectivity index (χ3n) is 1.61. The number of hydrogen-bond acceptors (Lipinski definition) is 4. The fraction of sp³-hybridized carbons (Fsp3) is 0.667. The highest BCUT2D eigenvalue weighted by molar-refractivity contribution is 8.17. The zero-order valence-corrected chi connectivity index (χ0v) is 8.47. The van der Waals surface area contributed by atoms with Gasteiger partial charge in [-0.15, -0.1) is 23.5 Å². The van der Waals surface area contributed by atoms with E-state index in [1.54, 1.807) is 0 Å². The molecule has 68 valence electrons. The third kappa shape index (κ3) is 1.87. The Morgan fingerprint density at radius 3 is 2.33 bits per heavy atom. The quantitative estimate of drug-likeness (QED) is 0.649. The van der Waals surface area contributed by atoms with Crippen LogP contribution in [0.1, 0.15) is 6.42 Å². The highest BCUT2D eigenvalue weighted by Gasteiger charge is 2.37. The van der Waals surface area contributed by atoms with Gasteiger partial charge in [-0.1, -0.05) is 0 Å². The van der Waals surface area contributed by atoms with E-state index in [4.69, 9.17) is 0 Å². The summed E-state index contributed by atoms with van der Waals surface area (Å²) in [7, 11) is 0. The van der Waals surface area contributed by atoms with Crippen molar-refractivity contribution < 1.29 is 9.59 Å². The Morgan fingerprint density at radius 1 is 1.33 bits per heavy atom. The number of urea groups is 1. The lowest BCUT2D eigenvalue weighted by atomic mass is 10.3. The van der Waals surface area contributed by atoms with E-state index in [1.165, 1.54) is 23.5 Å². The van der Waals surface area contributed by atoms with E-state index in [0.29, 0.717) is 6.42 Å². The second-order valence-electron chi connectivity index (χ2n) is 2.34. The van der Waals surface area contributed by atoms with Crippen molar-refractivity contribution in [3.63, 3.8) is 0 Å². The van der Waals surface area contributed by atoms with Gasteiger partial charge in [0.05, 0.1) is 6.42 Å². The molecular formula is C6H10N2O2S2. The van der Waals surface area contributed by atoms with E-state index < -0.39 is 10.2 Å². The maximum Gasteiger partial charge on any atom is 0.323 e. The molecule has 4 nitrogen and oxygen atoms in total. The van der Waals surface area contributed by atoms with Gasteiger partial charge in [0.15, 0.2) is 0 Å². The van der Waals surface area contributed by atoms with Crippen molar-refractivity contribution in [2.45, 2.75) is 10.6 Å². The molecule has 0 radical (unpaired) electrons. The molecule has 0 aromatic carbocycles. The average Bonchev–Trinajstić information content (AvgIpc) is 2.02. The van der Waals surface area contributed by atoms with Crippen molar-refractivity contribution in [2.75, 3.05) is 12.5 Å². The topological polar surface area (TPSA) is 58.2 Å². The highest BCUT2D eigenvalue weighted by atomic mass is 32.2. The summed E-state index contributed by atoms with van der Waals surface area (Å²) in [6, 6.07) is -0.407. The molecule has 6 heteroatoms. The zero-order valence-electron chi connectivity index (χ0n) is 6.84. The summed E-state index contributed by atoms with van der Waals surface area (Å²) in [5, 5.41) is 4.90. The standard InChI is InChI=1S/C6H10N2O2S2/c1-11-6(12-2)3-4(9)7-5(10)8-6/h3H2,1-2H3,(H2,7,8,9,10). The van der Waals surface area contributed by atoms with Crippen molar-refractivity contribution in [1.82, 2.24) is 10.6 Å². The van der Waals surface area contributed by atoms with Crippen molar-refractivity contribution in [1.29, 1.82) is 0 Å². The molecule has 0 spiro atoms. The van der Waals surface area contributed by atoms with Crippen LogP contribution >= 0.6 is 23.5 Å². The first-order valence-corrected chi connectivity index (χ1v) is 5.79. The van der Waals surface area contributed by atoms with Gasteiger partial charge in [-0.3, -0.25) is 10.1 Å². The molecule has 1 aliphatic rings. The van der Waals surface area contributed by atoms with Crippen LogP contribution in [-0.4, -0.2) is 28.7 Å². The SMILES string of the molecule is CSC1(SC)CC(=O)NC(=O)N1. The van der Waals surface area contributed by atoms with E-state index in [-0.39, 0.29) is 5.91 Å². The van der Waals surface area contributed by atoms with Gasteiger partial charge in [0.1, 0.15) is 4.20 Å². The van der Waals surface area contributed by atoms with Crippen molar-refractivity contribution in [3.8, 4) is 0 Å². The average molecular weight is 206 g/mol. The monoisotopic (exact) mass is 206 g/mol. The van der Waals surface area contributed by atoms with Crippen LogP contribution in [0.25, 0.3) is 0 Å². The third-order valence-corrected chi connectivity index (χ3v) is 4.42. The number of carbonyl (C=O) groups is 2. The summed E-state index contributed by atoms with van der Waals surface area (Å²) >= 11 is 2.94. The molecule has 0 aromatic rings. The second-order valence-corrected chi connectivity index (χ2v) is 4.81. The first kappa shape index (κ1) is 9.73. The molecule has 0 aromatic heterocycles. The highest BCUT2D eigenvalue weighted by Crippen LogP contribution is 2.35. The molecule has 1 heterocycles. The summed E-state index contributed by atoms with van der Waals surface area (Å²) in [5.41, 5.74) is 0. The Morgan fingerprint density at radius 2 is 1.92 bits per heavy atom. The second kappa shape index (κ2) is 3.57. The van der Waals surface area contributed by atoms with Crippen LogP contribution in [0.5, 0.6) is 0 Å². The maximum atomic E-state index is 11.0. The van der Waals surface area contributed by atoms with Crippen molar-refractivity contribution in [2.24, 2.45) is 0 Å². The Hall–Kier alpha value is -0.360. The lowest BCUT2D eigenvalue weighted by Crippen LogP contribution is -2.57. The molecule has 1 fully saturated rings. The molecule has 0 aliphatic carbocycles. The van der Waals surface area contributed by atoms with Gasteiger partial charge in [0, 0.05) is 0 Å². The molecular weight excluding hydrogens is 196 g/mol. The first-order valence-electron chi connectivity index (χ1n) is 3.34. The van der Waals surface area contributed by atoms with E-state index >= 15 is 0 Å². The number of carbonyl (C=O) groups excluding carboxylic acids is 2. The summed E-state index contributed by atoms with van der Waals surface area (Å²) in [6.45, 7) is 0. The van der Waals surface area contributed by atoms with Gasteiger partial charge in [-0.2, -0.15) is 0 Å². The summed E-state index contributed by atoms with van der Waals surface area (Å²) in [6.07, 6.45) is 4.06. The van der Waals surface area contributed by atoms with Crippen LogP contribution in [0.3, 0.4) is 0 Å². The summed E-state index contributed by atoms with van der Waals surface area (Å²) in [4.78, 5) is 21.9. The Bertz CT molecular complexity index is 198. The van der Waals surface area contributed by atoms with E-state index in [9.17, 15) is 9.59 Å². The Balaban J connectivity index is 2.76. The predicted molar refractivity (Wildman–Crippen MR) is 51.1 cm³/mol. The van der Waals surface area contributed by atoms with E-state index in [0.717, 1.165) is 0 Å².